The number of halogens is 2. The van der Waals surface area contributed by atoms with Crippen LogP contribution < -0.4 is 4.90 Å². The third kappa shape index (κ3) is 2.04. The zero-order valence-corrected chi connectivity index (χ0v) is 9.96. The van der Waals surface area contributed by atoms with Gasteiger partial charge in [0.2, 0.25) is 0 Å². The average Bonchev–Trinajstić information content (AvgIpc) is 2.57. The normalized spacial score (nSPS) is 18.5. The molecule has 2 nitrogen and oxygen atoms in total. The van der Waals surface area contributed by atoms with Crippen molar-refractivity contribution in [3.63, 3.8) is 0 Å². The second kappa shape index (κ2) is 4.09. The molecule has 2 rings (SSSR count). The molecule has 1 heterocycles. The molecule has 0 aliphatic carbocycles. The largest absolute Gasteiger partial charge is 0.362 e. The second-order valence-corrected chi connectivity index (χ2v) is 5.02. The van der Waals surface area contributed by atoms with Gasteiger partial charge < -0.3 is 4.90 Å². The van der Waals surface area contributed by atoms with Crippen LogP contribution >= 0.6 is 0 Å². The highest BCUT2D eigenvalue weighted by molar-refractivity contribution is 5.76. The lowest BCUT2D eigenvalue weighted by molar-refractivity contribution is 0.112. The zero-order valence-electron chi connectivity index (χ0n) is 9.96. The molecule has 0 bridgehead atoms. The van der Waals surface area contributed by atoms with Gasteiger partial charge in [0.05, 0.1) is 0 Å². The van der Waals surface area contributed by atoms with Crippen LogP contribution in [0.4, 0.5) is 14.5 Å². The molecular weight excluding hydrogens is 224 g/mol. The first kappa shape index (κ1) is 12.0. The van der Waals surface area contributed by atoms with E-state index in [9.17, 15) is 13.6 Å². The van der Waals surface area contributed by atoms with Gasteiger partial charge in [-0.2, -0.15) is 0 Å². The maximum atomic E-state index is 13.9. The van der Waals surface area contributed by atoms with E-state index in [0.717, 1.165) is 25.0 Å². The van der Waals surface area contributed by atoms with Gasteiger partial charge in [-0.05, 0) is 38.8 Å². The van der Waals surface area contributed by atoms with Crippen molar-refractivity contribution in [3.05, 3.63) is 29.3 Å². The van der Waals surface area contributed by atoms with Crippen LogP contribution in [0.1, 0.15) is 37.0 Å². The lowest BCUT2D eigenvalue weighted by Crippen LogP contribution is -2.39. The van der Waals surface area contributed by atoms with Crippen molar-refractivity contribution in [1.29, 1.82) is 0 Å². The minimum absolute atomic E-state index is 0.0156. The number of hydrogen-bond acceptors (Lipinski definition) is 2. The summed E-state index contributed by atoms with van der Waals surface area (Å²) < 4.78 is 27.7. The summed E-state index contributed by atoms with van der Waals surface area (Å²) in [6, 6.07) is 2.17. The molecule has 1 aromatic carbocycles. The minimum atomic E-state index is -0.665. The number of benzene rings is 1. The topological polar surface area (TPSA) is 20.3 Å². The van der Waals surface area contributed by atoms with Gasteiger partial charge in [0, 0.05) is 17.6 Å². The summed E-state index contributed by atoms with van der Waals surface area (Å²) in [6.45, 7) is 4.57. The number of anilines is 1. The van der Waals surface area contributed by atoms with E-state index in [4.69, 9.17) is 0 Å². The van der Waals surface area contributed by atoms with Gasteiger partial charge in [-0.1, -0.05) is 0 Å². The van der Waals surface area contributed by atoms with Crippen molar-refractivity contribution in [1.82, 2.24) is 0 Å². The molecule has 0 unspecified atom stereocenters. The van der Waals surface area contributed by atoms with Crippen LogP contribution in [0.5, 0.6) is 0 Å². The van der Waals surface area contributed by atoms with E-state index in [-0.39, 0.29) is 16.8 Å². The van der Waals surface area contributed by atoms with Gasteiger partial charge in [0.25, 0.3) is 0 Å². The fourth-order valence-corrected chi connectivity index (χ4v) is 2.43. The average molecular weight is 239 g/mol. The molecule has 0 amide bonds. The van der Waals surface area contributed by atoms with Gasteiger partial charge in [-0.15, -0.1) is 0 Å². The standard InChI is InChI=1S/C13H15F2NO/c1-13(2)4-3-5-16(13)12-10(14)6-9(8-17)7-11(12)15/h6-8H,3-5H2,1-2H3. The number of aldehydes is 1. The number of rotatable bonds is 2. The van der Waals surface area contributed by atoms with E-state index < -0.39 is 11.6 Å². The predicted octanol–water partition coefficient (Wildman–Crippen LogP) is 3.16. The highest BCUT2D eigenvalue weighted by atomic mass is 19.1. The molecule has 1 fully saturated rings. The Balaban J connectivity index is 2.49. The summed E-state index contributed by atoms with van der Waals surface area (Å²) in [5.41, 5.74) is -0.233. The summed E-state index contributed by atoms with van der Waals surface area (Å²) in [5, 5.41) is 0. The predicted molar refractivity (Wildman–Crippen MR) is 62.4 cm³/mol. The second-order valence-electron chi connectivity index (χ2n) is 5.02. The number of carbonyl (C=O) groups is 1. The Morgan fingerprint density at radius 3 is 2.29 bits per heavy atom. The van der Waals surface area contributed by atoms with Gasteiger partial charge in [-0.3, -0.25) is 4.79 Å². The van der Waals surface area contributed by atoms with Crippen LogP contribution in [0.2, 0.25) is 0 Å². The molecule has 0 radical (unpaired) electrons. The molecule has 1 aliphatic heterocycles. The fourth-order valence-electron chi connectivity index (χ4n) is 2.43. The van der Waals surface area contributed by atoms with E-state index in [1.807, 2.05) is 13.8 Å². The smallest absolute Gasteiger partial charge is 0.150 e. The number of carbonyl (C=O) groups excluding carboxylic acids is 1. The quantitative estimate of drug-likeness (QED) is 0.739. The monoisotopic (exact) mass is 239 g/mol. The zero-order chi connectivity index (χ0) is 12.6. The summed E-state index contributed by atoms with van der Waals surface area (Å²) in [4.78, 5) is 12.3. The molecule has 1 saturated heterocycles. The Morgan fingerprint density at radius 1 is 1.29 bits per heavy atom. The number of hydrogen-bond donors (Lipinski definition) is 0. The van der Waals surface area contributed by atoms with Crippen molar-refractivity contribution in [2.24, 2.45) is 0 Å². The van der Waals surface area contributed by atoms with E-state index in [0.29, 0.717) is 12.8 Å². The summed E-state index contributed by atoms with van der Waals surface area (Å²) >= 11 is 0. The van der Waals surface area contributed by atoms with Crippen molar-refractivity contribution in [2.45, 2.75) is 32.2 Å². The fraction of sp³-hybridized carbons (Fsp3) is 0.462. The molecule has 0 saturated carbocycles. The van der Waals surface area contributed by atoms with Crippen LogP contribution in [-0.2, 0) is 0 Å². The molecule has 0 N–H and O–H groups in total. The molecule has 0 atom stereocenters. The highest BCUT2D eigenvalue weighted by Crippen LogP contribution is 2.36. The summed E-state index contributed by atoms with van der Waals surface area (Å²) in [5.74, 6) is -1.33. The van der Waals surface area contributed by atoms with Gasteiger partial charge in [0.1, 0.15) is 23.6 Å². The Hall–Kier alpha value is -1.45. The van der Waals surface area contributed by atoms with E-state index in [2.05, 4.69) is 0 Å². The van der Waals surface area contributed by atoms with Gasteiger partial charge in [0.15, 0.2) is 0 Å². The Bertz CT molecular complexity index is 434. The maximum absolute atomic E-state index is 13.9. The number of nitrogens with zero attached hydrogens (tertiary/aromatic N) is 1. The van der Waals surface area contributed by atoms with Gasteiger partial charge in [-0.25, -0.2) is 8.78 Å². The van der Waals surface area contributed by atoms with E-state index >= 15 is 0 Å². The molecule has 0 aromatic heterocycles. The van der Waals surface area contributed by atoms with Crippen LogP contribution in [0, 0.1) is 11.6 Å². The van der Waals surface area contributed by atoms with Crippen molar-refractivity contribution >= 4 is 12.0 Å². The lowest BCUT2D eigenvalue weighted by Gasteiger charge is -2.34. The van der Waals surface area contributed by atoms with Crippen LogP contribution in [0.25, 0.3) is 0 Å². The first-order valence-corrected chi connectivity index (χ1v) is 5.67. The Labute approximate surface area is 99.2 Å². The molecular formula is C13H15F2NO. The van der Waals surface area contributed by atoms with Crippen molar-refractivity contribution in [2.75, 3.05) is 11.4 Å². The third-order valence-electron chi connectivity index (χ3n) is 3.35. The van der Waals surface area contributed by atoms with Crippen molar-refractivity contribution in [3.8, 4) is 0 Å². The lowest BCUT2D eigenvalue weighted by atomic mass is 10.0. The highest BCUT2D eigenvalue weighted by Gasteiger charge is 2.35. The minimum Gasteiger partial charge on any atom is -0.362 e. The third-order valence-corrected chi connectivity index (χ3v) is 3.35. The first-order chi connectivity index (χ1) is 7.95. The van der Waals surface area contributed by atoms with E-state index in [1.165, 1.54) is 0 Å². The van der Waals surface area contributed by atoms with Crippen LogP contribution in [-0.4, -0.2) is 18.4 Å². The molecule has 92 valence electrons. The van der Waals surface area contributed by atoms with Gasteiger partial charge >= 0.3 is 0 Å². The first-order valence-electron chi connectivity index (χ1n) is 5.67. The molecule has 1 aromatic rings. The van der Waals surface area contributed by atoms with Crippen LogP contribution in [0.15, 0.2) is 12.1 Å². The summed E-state index contributed by atoms with van der Waals surface area (Å²) in [6.07, 6.45) is 2.27. The van der Waals surface area contributed by atoms with Crippen LogP contribution in [0.3, 0.4) is 0 Å². The van der Waals surface area contributed by atoms with Crippen molar-refractivity contribution < 1.29 is 13.6 Å². The molecule has 17 heavy (non-hydrogen) atoms. The Morgan fingerprint density at radius 2 is 1.88 bits per heavy atom. The molecule has 1 aliphatic rings. The van der Waals surface area contributed by atoms with E-state index in [1.54, 1.807) is 4.90 Å². The summed E-state index contributed by atoms with van der Waals surface area (Å²) in [7, 11) is 0. The molecule has 0 spiro atoms. The Kier molecular flexibility index (Phi) is 2.89. The maximum Gasteiger partial charge on any atom is 0.150 e. The molecule has 4 heteroatoms. The SMILES string of the molecule is CC1(C)CCCN1c1c(F)cc(C=O)cc1F.